The molecule has 1 aromatic carbocycles. The standard InChI is InChI=1S/C32H45N3O5/c1-7-18-33(6)28(37)25-26-29(38)35(24(21-36)22(5)9-3)27(32(26)17-16-31(25,10-4)40-32)30(39)34(19-8-2)20-23-14-12-11-13-15-23/h7-8,11-15,22,24-27,36H,1-2,9-10,16-21H2,3-6H3/t22-,24-,25-,26-,27?,31+,32?/m0/s1. The summed E-state index contributed by atoms with van der Waals surface area (Å²) in [6.07, 6.45) is 5.73. The first-order chi connectivity index (χ1) is 19.2. The molecule has 40 heavy (non-hydrogen) atoms. The quantitative estimate of drug-likeness (QED) is 0.380. The predicted octanol–water partition coefficient (Wildman–Crippen LogP) is 3.41. The molecule has 3 aliphatic rings. The summed E-state index contributed by atoms with van der Waals surface area (Å²) in [5.41, 5.74) is -0.995. The largest absolute Gasteiger partial charge is 0.394 e. The van der Waals surface area contributed by atoms with Crippen LogP contribution in [0.5, 0.6) is 0 Å². The van der Waals surface area contributed by atoms with Crippen LogP contribution in [0.25, 0.3) is 0 Å². The fraction of sp³-hybridized carbons (Fsp3) is 0.594. The van der Waals surface area contributed by atoms with Gasteiger partial charge in [-0.05, 0) is 30.7 Å². The van der Waals surface area contributed by atoms with Gasteiger partial charge in [-0.25, -0.2) is 0 Å². The molecule has 7 atom stereocenters. The van der Waals surface area contributed by atoms with Gasteiger partial charge in [0.25, 0.3) is 0 Å². The van der Waals surface area contributed by atoms with Gasteiger partial charge < -0.3 is 24.5 Å². The van der Waals surface area contributed by atoms with Crippen LogP contribution in [0, 0.1) is 17.8 Å². The summed E-state index contributed by atoms with van der Waals surface area (Å²) in [7, 11) is 1.72. The van der Waals surface area contributed by atoms with E-state index in [1.54, 1.807) is 33.9 Å². The third-order valence-corrected chi connectivity index (χ3v) is 9.62. The van der Waals surface area contributed by atoms with Crippen LogP contribution in [0.1, 0.15) is 52.0 Å². The highest BCUT2D eigenvalue weighted by Crippen LogP contribution is 2.65. The van der Waals surface area contributed by atoms with Gasteiger partial charge in [0.15, 0.2) is 0 Å². The fourth-order valence-electron chi connectivity index (χ4n) is 7.37. The number of carbonyl (C=O) groups excluding carboxylic acids is 3. The first kappa shape index (κ1) is 30.0. The Morgan fingerprint density at radius 1 is 1.15 bits per heavy atom. The van der Waals surface area contributed by atoms with E-state index in [-0.39, 0.29) is 30.2 Å². The van der Waals surface area contributed by atoms with E-state index in [4.69, 9.17) is 4.74 Å². The minimum Gasteiger partial charge on any atom is -0.394 e. The van der Waals surface area contributed by atoms with Crippen molar-refractivity contribution in [2.75, 3.05) is 26.7 Å². The van der Waals surface area contributed by atoms with Crippen molar-refractivity contribution >= 4 is 17.7 Å². The molecule has 218 valence electrons. The number of nitrogens with zero attached hydrogens (tertiary/aromatic N) is 3. The van der Waals surface area contributed by atoms with Crippen LogP contribution in [-0.4, -0.2) is 87.6 Å². The van der Waals surface area contributed by atoms with Crippen molar-refractivity contribution in [3.05, 3.63) is 61.2 Å². The van der Waals surface area contributed by atoms with Crippen molar-refractivity contribution < 1.29 is 24.2 Å². The Kier molecular flexibility index (Phi) is 8.90. The Morgan fingerprint density at radius 3 is 2.40 bits per heavy atom. The van der Waals surface area contributed by atoms with Gasteiger partial charge in [0.1, 0.15) is 11.6 Å². The second-order valence-corrected chi connectivity index (χ2v) is 11.7. The predicted molar refractivity (Wildman–Crippen MR) is 154 cm³/mol. The number of hydrogen-bond donors (Lipinski definition) is 1. The van der Waals surface area contributed by atoms with Gasteiger partial charge in [-0.2, -0.15) is 0 Å². The molecule has 8 heteroatoms. The van der Waals surface area contributed by atoms with Crippen molar-refractivity contribution in [1.82, 2.24) is 14.7 Å². The number of likely N-dealkylation sites (tertiary alicyclic amines) is 1. The minimum atomic E-state index is -1.14. The molecular formula is C32H45N3O5. The number of fused-ring (bicyclic) bond motifs is 1. The van der Waals surface area contributed by atoms with Gasteiger partial charge in [-0.15, -0.1) is 13.2 Å². The van der Waals surface area contributed by atoms with Gasteiger partial charge in [0, 0.05) is 26.7 Å². The van der Waals surface area contributed by atoms with Crippen molar-refractivity contribution in [2.24, 2.45) is 17.8 Å². The number of carbonyl (C=O) groups is 3. The molecule has 0 aliphatic carbocycles. The van der Waals surface area contributed by atoms with Crippen molar-refractivity contribution in [1.29, 1.82) is 0 Å². The normalized spacial score (nSPS) is 30.1. The first-order valence-corrected chi connectivity index (χ1v) is 14.6. The summed E-state index contributed by atoms with van der Waals surface area (Å²) in [6.45, 7) is 14.4. The van der Waals surface area contributed by atoms with Crippen molar-refractivity contribution in [2.45, 2.75) is 76.3 Å². The molecule has 0 aromatic heterocycles. The number of amides is 3. The van der Waals surface area contributed by atoms with E-state index in [1.165, 1.54) is 0 Å². The zero-order valence-corrected chi connectivity index (χ0v) is 24.4. The van der Waals surface area contributed by atoms with Gasteiger partial charge in [0.05, 0.1) is 30.1 Å². The summed E-state index contributed by atoms with van der Waals surface area (Å²) in [5.74, 6) is -2.22. The average Bonchev–Trinajstić information content (AvgIpc) is 3.57. The third-order valence-electron chi connectivity index (χ3n) is 9.62. The van der Waals surface area contributed by atoms with Gasteiger partial charge in [-0.1, -0.05) is 69.7 Å². The highest BCUT2D eigenvalue weighted by atomic mass is 16.5. The maximum Gasteiger partial charge on any atom is 0.249 e. The molecule has 2 bridgehead atoms. The summed E-state index contributed by atoms with van der Waals surface area (Å²) in [5, 5.41) is 10.6. The van der Waals surface area contributed by atoms with E-state index >= 15 is 0 Å². The zero-order valence-electron chi connectivity index (χ0n) is 24.4. The average molecular weight is 552 g/mol. The van der Waals surface area contributed by atoms with Gasteiger partial charge >= 0.3 is 0 Å². The molecule has 1 N–H and O–H groups in total. The number of rotatable bonds is 13. The minimum absolute atomic E-state index is 0.0589. The van der Waals surface area contributed by atoms with Crippen LogP contribution in [0.4, 0.5) is 0 Å². The summed E-state index contributed by atoms with van der Waals surface area (Å²) >= 11 is 0. The maximum absolute atomic E-state index is 14.7. The Hall–Kier alpha value is -2.97. The second kappa shape index (κ2) is 11.9. The molecule has 1 spiro atoms. The first-order valence-electron chi connectivity index (χ1n) is 14.6. The maximum atomic E-state index is 14.7. The Balaban J connectivity index is 1.85. The van der Waals surface area contributed by atoms with E-state index in [9.17, 15) is 19.5 Å². The molecule has 3 heterocycles. The molecule has 0 radical (unpaired) electrons. The lowest BCUT2D eigenvalue weighted by Crippen LogP contribution is -2.59. The highest BCUT2D eigenvalue weighted by Gasteiger charge is 2.79. The van der Waals surface area contributed by atoms with E-state index in [0.717, 1.165) is 12.0 Å². The topological polar surface area (TPSA) is 90.4 Å². The van der Waals surface area contributed by atoms with Gasteiger partial charge in [-0.3, -0.25) is 14.4 Å². The van der Waals surface area contributed by atoms with Crippen LogP contribution in [0.3, 0.4) is 0 Å². The molecule has 2 unspecified atom stereocenters. The van der Waals surface area contributed by atoms with E-state index in [0.29, 0.717) is 38.9 Å². The Morgan fingerprint density at radius 2 is 1.82 bits per heavy atom. The van der Waals surface area contributed by atoms with Crippen LogP contribution in [-0.2, 0) is 25.7 Å². The lowest BCUT2D eigenvalue weighted by Gasteiger charge is -2.41. The van der Waals surface area contributed by atoms with Crippen molar-refractivity contribution in [3.63, 3.8) is 0 Å². The van der Waals surface area contributed by atoms with Crippen LogP contribution < -0.4 is 0 Å². The smallest absolute Gasteiger partial charge is 0.249 e. The number of benzene rings is 1. The molecule has 0 saturated carbocycles. The SMILES string of the molecule is C=CCN(C)C(=O)[C@@H]1[C@H]2C(=O)N([C@@H](CO)[C@@H](C)CC)C(C(=O)N(CC=C)Cc3ccccc3)C23CC[C@@]1(CC)O3. The van der Waals surface area contributed by atoms with Crippen LogP contribution >= 0.6 is 0 Å². The molecule has 1 aromatic rings. The fourth-order valence-corrected chi connectivity index (χ4v) is 7.37. The number of aliphatic hydroxyl groups is 1. The number of aliphatic hydroxyl groups excluding tert-OH is 1. The van der Waals surface area contributed by atoms with E-state index < -0.39 is 35.1 Å². The zero-order chi connectivity index (χ0) is 29.2. The second-order valence-electron chi connectivity index (χ2n) is 11.7. The highest BCUT2D eigenvalue weighted by molar-refractivity contribution is 5.99. The summed E-state index contributed by atoms with van der Waals surface area (Å²) in [6, 6.07) is 8.19. The molecule has 3 fully saturated rings. The molecular weight excluding hydrogens is 506 g/mol. The van der Waals surface area contributed by atoms with Crippen molar-refractivity contribution in [3.8, 4) is 0 Å². The van der Waals surface area contributed by atoms with Crippen LogP contribution in [0.15, 0.2) is 55.6 Å². The Bertz CT molecular complexity index is 1120. The number of hydrogen-bond acceptors (Lipinski definition) is 5. The van der Waals surface area contributed by atoms with E-state index in [1.807, 2.05) is 51.1 Å². The molecule has 3 amide bonds. The summed E-state index contributed by atoms with van der Waals surface area (Å²) in [4.78, 5) is 48.1. The molecule has 4 rings (SSSR count). The Labute approximate surface area is 238 Å². The molecule has 3 saturated heterocycles. The molecule has 3 aliphatic heterocycles. The number of likely N-dealkylation sites (N-methyl/N-ethyl adjacent to an activating group) is 1. The molecule has 8 nitrogen and oxygen atoms in total. The lowest BCUT2D eigenvalue weighted by atomic mass is 9.64. The monoisotopic (exact) mass is 551 g/mol. The lowest BCUT2D eigenvalue weighted by molar-refractivity contribution is -0.159. The third kappa shape index (κ3) is 4.69. The summed E-state index contributed by atoms with van der Waals surface area (Å²) < 4.78 is 6.91. The van der Waals surface area contributed by atoms with Crippen LogP contribution in [0.2, 0.25) is 0 Å². The van der Waals surface area contributed by atoms with E-state index in [2.05, 4.69) is 13.2 Å². The number of ether oxygens (including phenoxy) is 1. The van der Waals surface area contributed by atoms with Gasteiger partial charge in [0.2, 0.25) is 17.7 Å².